The topological polar surface area (TPSA) is 39.8 Å². The van der Waals surface area contributed by atoms with Crippen molar-refractivity contribution < 1.29 is 4.79 Å². The lowest BCUT2D eigenvalue weighted by Crippen LogP contribution is -2.28. The molecule has 2 aromatic heterocycles. The van der Waals surface area contributed by atoms with Crippen LogP contribution < -0.4 is 0 Å². The predicted molar refractivity (Wildman–Crippen MR) is 82.5 cm³/mol. The molecule has 0 spiro atoms. The maximum Gasteiger partial charge on any atom is 0.165 e. The smallest absolute Gasteiger partial charge is 0.165 e. The minimum atomic E-state index is 0.0653. The molecule has 0 saturated carbocycles. The van der Waals surface area contributed by atoms with Crippen molar-refractivity contribution >= 4 is 5.78 Å². The van der Waals surface area contributed by atoms with Gasteiger partial charge in [-0.05, 0) is 24.8 Å². The van der Waals surface area contributed by atoms with E-state index in [1.165, 1.54) is 11.4 Å². The van der Waals surface area contributed by atoms with Crippen molar-refractivity contribution in [2.75, 3.05) is 0 Å². The molecule has 0 unspecified atom stereocenters. The molecule has 21 heavy (non-hydrogen) atoms. The Morgan fingerprint density at radius 3 is 2.76 bits per heavy atom. The number of Topliss-reactive ketones (excluding diaryl/α,β-unsaturated/α-hetero) is 1. The second kappa shape index (κ2) is 4.86. The summed E-state index contributed by atoms with van der Waals surface area (Å²) in [5.74, 6) is 1.37. The number of aromatic nitrogens is 3. The Kier molecular flexibility index (Phi) is 3.27. The molecule has 2 aromatic rings. The summed E-state index contributed by atoms with van der Waals surface area (Å²) in [6.07, 6.45) is 6.32. The summed E-state index contributed by atoms with van der Waals surface area (Å²) < 4.78 is 4.36. The van der Waals surface area contributed by atoms with E-state index in [4.69, 9.17) is 0 Å². The first kappa shape index (κ1) is 14.1. The van der Waals surface area contributed by atoms with Crippen molar-refractivity contribution in [3.63, 3.8) is 0 Å². The van der Waals surface area contributed by atoms with Gasteiger partial charge in [-0.1, -0.05) is 13.8 Å². The Labute approximate surface area is 125 Å². The number of imidazole rings is 1. The van der Waals surface area contributed by atoms with Gasteiger partial charge < -0.3 is 9.13 Å². The van der Waals surface area contributed by atoms with Crippen LogP contribution in [0.3, 0.4) is 0 Å². The number of hydrogen-bond acceptors (Lipinski definition) is 2. The van der Waals surface area contributed by atoms with Crippen molar-refractivity contribution in [2.24, 2.45) is 12.5 Å². The minimum Gasteiger partial charge on any atom is -0.348 e. The maximum absolute atomic E-state index is 12.3. The normalized spacial score (nSPS) is 17.0. The molecule has 0 N–H and O–H groups in total. The van der Waals surface area contributed by atoms with Crippen molar-refractivity contribution in [3.05, 3.63) is 41.2 Å². The first-order chi connectivity index (χ1) is 9.87. The Morgan fingerprint density at radius 2 is 2.10 bits per heavy atom. The summed E-state index contributed by atoms with van der Waals surface area (Å²) in [6.45, 7) is 7.34. The van der Waals surface area contributed by atoms with E-state index in [9.17, 15) is 4.79 Å². The van der Waals surface area contributed by atoms with Crippen LogP contribution in [0.4, 0.5) is 0 Å². The molecule has 1 aliphatic rings. The molecule has 0 atom stereocenters. The monoisotopic (exact) mass is 285 g/mol. The second-order valence-corrected chi connectivity index (χ2v) is 6.94. The second-order valence-electron chi connectivity index (χ2n) is 6.94. The summed E-state index contributed by atoms with van der Waals surface area (Å²) in [6, 6.07) is 2.06. The van der Waals surface area contributed by atoms with Crippen LogP contribution in [-0.4, -0.2) is 19.9 Å². The third kappa shape index (κ3) is 2.55. The first-order valence-corrected chi connectivity index (χ1v) is 7.56. The summed E-state index contributed by atoms with van der Waals surface area (Å²) in [5.41, 5.74) is 3.39. The first-order valence-electron chi connectivity index (χ1n) is 7.56. The lowest BCUT2D eigenvalue weighted by Gasteiger charge is -2.29. The molecule has 1 aliphatic carbocycles. The van der Waals surface area contributed by atoms with E-state index in [0.717, 1.165) is 30.8 Å². The zero-order valence-corrected chi connectivity index (χ0v) is 13.3. The van der Waals surface area contributed by atoms with E-state index >= 15 is 0 Å². The Hall–Kier alpha value is -1.84. The van der Waals surface area contributed by atoms with E-state index in [2.05, 4.69) is 41.0 Å². The van der Waals surface area contributed by atoms with Crippen LogP contribution in [0.1, 0.15) is 47.8 Å². The Balaban J connectivity index is 1.90. The highest BCUT2D eigenvalue weighted by Gasteiger charge is 2.33. The van der Waals surface area contributed by atoms with Crippen LogP contribution in [0.5, 0.6) is 0 Å². The van der Waals surface area contributed by atoms with Gasteiger partial charge >= 0.3 is 0 Å². The number of ketones is 1. The average Bonchev–Trinajstić information content (AvgIpc) is 2.90. The molecule has 0 fully saturated rings. The number of fused-ring (bicyclic) bond motifs is 1. The number of rotatable bonds is 3. The highest BCUT2D eigenvalue weighted by molar-refractivity contribution is 5.99. The van der Waals surface area contributed by atoms with Gasteiger partial charge in [0.05, 0.1) is 0 Å². The molecular weight excluding hydrogens is 262 g/mol. The number of carbonyl (C=O) groups is 1. The zero-order chi connectivity index (χ0) is 15.2. The summed E-state index contributed by atoms with van der Waals surface area (Å²) in [7, 11) is 2.02. The summed E-state index contributed by atoms with van der Waals surface area (Å²) in [5, 5.41) is 0. The molecule has 112 valence electrons. The number of nitrogens with zero attached hydrogens (tertiary/aromatic N) is 3. The molecule has 4 nitrogen and oxygen atoms in total. The predicted octanol–water partition coefficient (Wildman–Crippen LogP) is 2.93. The molecule has 0 saturated heterocycles. The van der Waals surface area contributed by atoms with E-state index in [0.29, 0.717) is 12.2 Å². The fraction of sp³-hybridized carbons (Fsp3) is 0.529. The van der Waals surface area contributed by atoms with Gasteiger partial charge in [0.25, 0.3) is 0 Å². The zero-order valence-electron chi connectivity index (χ0n) is 13.3. The molecule has 0 amide bonds. The lowest BCUT2D eigenvalue weighted by molar-refractivity contribution is 0.0910. The Bertz CT molecular complexity index is 691. The molecule has 3 rings (SSSR count). The Morgan fingerprint density at radius 1 is 1.33 bits per heavy atom. The van der Waals surface area contributed by atoms with Gasteiger partial charge in [0, 0.05) is 55.8 Å². The van der Waals surface area contributed by atoms with E-state index in [1.807, 2.05) is 19.4 Å². The van der Waals surface area contributed by atoms with Crippen LogP contribution in [-0.2, 0) is 26.4 Å². The molecule has 0 radical (unpaired) electrons. The fourth-order valence-electron chi connectivity index (χ4n) is 3.37. The number of hydrogen-bond donors (Lipinski definition) is 0. The maximum atomic E-state index is 12.3. The quantitative estimate of drug-likeness (QED) is 0.870. The molecule has 4 heteroatoms. The van der Waals surface area contributed by atoms with Gasteiger partial charge in [-0.2, -0.15) is 0 Å². The van der Waals surface area contributed by atoms with Crippen LogP contribution in [0, 0.1) is 12.3 Å². The molecule has 0 aliphatic heterocycles. The van der Waals surface area contributed by atoms with Gasteiger partial charge in [-0.15, -0.1) is 0 Å². The third-order valence-electron chi connectivity index (χ3n) is 4.48. The summed E-state index contributed by atoms with van der Waals surface area (Å²) >= 11 is 0. The summed E-state index contributed by atoms with van der Waals surface area (Å²) in [4.78, 5) is 16.7. The minimum absolute atomic E-state index is 0.0653. The largest absolute Gasteiger partial charge is 0.348 e. The van der Waals surface area contributed by atoms with Gasteiger partial charge in [-0.3, -0.25) is 4.79 Å². The standard InChI is InChI=1S/C17H23N3O/c1-12-9-13-14(10-17(2,3)11-15(13)21)20(12)7-5-16-18-6-8-19(16)4/h6,8-9H,5,7,10-11H2,1-4H3. The van der Waals surface area contributed by atoms with Crippen LogP contribution in [0.15, 0.2) is 18.5 Å². The number of carbonyl (C=O) groups excluding carboxylic acids is 1. The highest BCUT2D eigenvalue weighted by Crippen LogP contribution is 2.36. The highest BCUT2D eigenvalue weighted by atomic mass is 16.1. The van der Waals surface area contributed by atoms with Gasteiger partial charge in [0.1, 0.15) is 5.82 Å². The molecule has 2 heterocycles. The fourth-order valence-corrected chi connectivity index (χ4v) is 3.37. The van der Waals surface area contributed by atoms with Gasteiger partial charge in [-0.25, -0.2) is 4.98 Å². The van der Waals surface area contributed by atoms with Gasteiger partial charge in [0.15, 0.2) is 5.78 Å². The van der Waals surface area contributed by atoms with Crippen molar-refractivity contribution in [3.8, 4) is 0 Å². The lowest BCUT2D eigenvalue weighted by atomic mass is 9.76. The van der Waals surface area contributed by atoms with E-state index in [1.54, 1.807) is 0 Å². The SMILES string of the molecule is Cc1cc2c(n1CCc1nccn1C)CC(C)(C)CC2=O. The van der Waals surface area contributed by atoms with Crippen molar-refractivity contribution in [1.82, 2.24) is 14.1 Å². The van der Waals surface area contributed by atoms with Crippen LogP contribution in [0.25, 0.3) is 0 Å². The number of aryl methyl sites for hydroxylation is 3. The molecule has 0 aromatic carbocycles. The van der Waals surface area contributed by atoms with Crippen molar-refractivity contribution in [1.29, 1.82) is 0 Å². The van der Waals surface area contributed by atoms with Crippen molar-refractivity contribution in [2.45, 2.75) is 46.6 Å². The van der Waals surface area contributed by atoms with Crippen LogP contribution in [0.2, 0.25) is 0 Å². The van der Waals surface area contributed by atoms with E-state index < -0.39 is 0 Å². The van der Waals surface area contributed by atoms with Crippen LogP contribution >= 0.6 is 0 Å². The van der Waals surface area contributed by atoms with Gasteiger partial charge in [0.2, 0.25) is 0 Å². The third-order valence-corrected chi connectivity index (χ3v) is 4.48. The average molecular weight is 285 g/mol. The molecule has 0 bridgehead atoms. The molecular formula is C17H23N3O. The van der Waals surface area contributed by atoms with E-state index in [-0.39, 0.29) is 5.41 Å².